The summed E-state index contributed by atoms with van der Waals surface area (Å²) in [6.45, 7) is 1.98. The van der Waals surface area contributed by atoms with E-state index in [2.05, 4.69) is 10.3 Å². The number of hydrogen-bond donors (Lipinski definition) is 1. The molecule has 0 aliphatic heterocycles. The van der Waals surface area contributed by atoms with Gasteiger partial charge in [0, 0.05) is 34.8 Å². The highest BCUT2D eigenvalue weighted by Crippen LogP contribution is 2.64. The molecule has 2 aromatic carbocycles. The maximum Gasteiger partial charge on any atom is 0.227 e. The molecule has 1 aromatic heterocycles. The van der Waals surface area contributed by atoms with Crippen molar-refractivity contribution in [3.8, 4) is 0 Å². The summed E-state index contributed by atoms with van der Waals surface area (Å²) < 4.78 is 29.1. The normalized spacial score (nSPS) is 26.3. The number of rotatable bonds is 4. The van der Waals surface area contributed by atoms with Crippen LogP contribution >= 0.6 is 11.6 Å². The van der Waals surface area contributed by atoms with Gasteiger partial charge in [0.1, 0.15) is 0 Å². The molecule has 0 bridgehead atoms. The Hall–Kier alpha value is -2.47. The first-order chi connectivity index (χ1) is 13.9. The van der Waals surface area contributed by atoms with Gasteiger partial charge in [0.15, 0.2) is 11.6 Å². The molecule has 0 radical (unpaired) electrons. The number of nitrogens with one attached hydrogen (secondary N) is 1. The first-order valence-electron chi connectivity index (χ1n) is 9.80. The fourth-order valence-electron chi connectivity index (χ4n) is 5.11. The smallest absolute Gasteiger partial charge is 0.227 e. The van der Waals surface area contributed by atoms with Crippen molar-refractivity contribution in [2.75, 3.05) is 5.32 Å². The maximum atomic E-state index is 13.7. The fourth-order valence-corrected chi connectivity index (χ4v) is 5.24. The number of anilines is 1. The quantitative estimate of drug-likeness (QED) is 0.616. The molecule has 2 saturated carbocycles. The van der Waals surface area contributed by atoms with Crippen molar-refractivity contribution in [1.82, 2.24) is 9.55 Å². The third kappa shape index (κ3) is 3.19. The van der Waals surface area contributed by atoms with Crippen LogP contribution in [0.3, 0.4) is 0 Å². The fraction of sp³-hybridized carbons (Fsp3) is 0.364. The lowest BCUT2D eigenvalue weighted by atomic mass is 9.96. The number of carbonyl (C=O) groups excluding carboxylic acids is 1. The van der Waals surface area contributed by atoms with Crippen LogP contribution in [0.1, 0.15) is 25.8 Å². The van der Waals surface area contributed by atoms with Crippen molar-refractivity contribution in [3.63, 3.8) is 0 Å². The molecular formula is C22H20ClF2N3O. The number of amides is 1. The minimum atomic E-state index is -0.877. The summed E-state index contributed by atoms with van der Waals surface area (Å²) in [5, 5.41) is 3.60. The molecule has 1 heterocycles. The topological polar surface area (TPSA) is 46.9 Å². The Morgan fingerprint density at radius 2 is 1.83 bits per heavy atom. The molecule has 2 aliphatic rings. The molecule has 2 fully saturated rings. The van der Waals surface area contributed by atoms with Crippen LogP contribution in [0.2, 0.25) is 5.02 Å². The van der Waals surface area contributed by atoms with Gasteiger partial charge in [-0.05, 0) is 54.9 Å². The molecule has 3 unspecified atom stereocenters. The van der Waals surface area contributed by atoms with Gasteiger partial charge in [-0.3, -0.25) is 4.79 Å². The van der Waals surface area contributed by atoms with Crippen molar-refractivity contribution < 1.29 is 13.6 Å². The highest BCUT2D eigenvalue weighted by molar-refractivity contribution is 6.30. The first-order valence-corrected chi connectivity index (χ1v) is 10.2. The van der Waals surface area contributed by atoms with Crippen molar-refractivity contribution in [1.29, 1.82) is 0 Å². The summed E-state index contributed by atoms with van der Waals surface area (Å²) in [6, 6.07) is 9.67. The summed E-state index contributed by atoms with van der Waals surface area (Å²) in [5.74, 6) is -0.461. The highest BCUT2D eigenvalue weighted by atomic mass is 35.5. The van der Waals surface area contributed by atoms with Crippen molar-refractivity contribution in [2.45, 2.75) is 25.8 Å². The Morgan fingerprint density at radius 1 is 1.17 bits per heavy atom. The Labute approximate surface area is 171 Å². The molecule has 0 saturated heterocycles. The zero-order valence-corrected chi connectivity index (χ0v) is 16.5. The van der Waals surface area contributed by atoms with E-state index in [1.165, 1.54) is 6.07 Å². The number of imidazole rings is 1. The zero-order valence-electron chi connectivity index (χ0n) is 15.8. The molecule has 3 aromatic rings. The summed E-state index contributed by atoms with van der Waals surface area (Å²) in [4.78, 5) is 16.9. The van der Waals surface area contributed by atoms with Crippen molar-refractivity contribution >= 4 is 34.2 Å². The van der Waals surface area contributed by atoms with E-state index >= 15 is 0 Å². The first kappa shape index (κ1) is 18.6. The van der Waals surface area contributed by atoms with Gasteiger partial charge in [0.05, 0.1) is 17.4 Å². The van der Waals surface area contributed by atoms with Gasteiger partial charge in [-0.2, -0.15) is 0 Å². The Bertz CT molecular complexity index is 1090. The van der Waals surface area contributed by atoms with Crippen LogP contribution in [-0.2, 0) is 4.79 Å². The van der Waals surface area contributed by atoms with Crippen LogP contribution in [0.15, 0.2) is 42.7 Å². The SMILES string of the molecule is CC(C(=O)Nc1ccc(Cl)cc1)C1[C@H]2CC(n3cnc4cc(F)c(F)cc43)C[C@@H]12. The number of fused-ring (bicyclic) bond motifs is 2. The second-order valence-electron chi connectivity index (χ2n) is 8.22. The van der Waals surface area contributed by atoms with Crippen LogP contribution < -0.4 is 5.32 Å². The molecule has 4 nitrogen and oxygen atoms in total. The molecule has 5 rings (SSSR count). The van der Waals surface area contributed by atoms with Gasteiger partial charge in [-0.15, -0.1) is 0 Å². The average molecular weight is 416 g/mol. The largest absolute Gasteiger partial charge is 0.327 e. The van der Waals surface area contributed by atoms with Crippen LogP contribution in [0.4, 0.5) is 14.5 Å². The van der Waals surface area contributed by atoms with E-state index in [0.29, 0.717) is 33.8 Å². The van der Waals surface area contributed by atoms with E-state index in [0.717, 1.165) is 24.6 Å². The number of hydrogen-bond acceptors (Lipinski definition) is 2. The van der Waals surface area contributed by atoms with E-state index in [4.69, 9.17) is 11.6 Å². The summed E-state index contributed by atoms with van der Waals surface area (Å²) in [7, 11) is 0. The standard InChI is InChI=1S/C22H20ClF2N3O/c1-11(22(29)27-13-4-2-12(23)3-5-13)21-15-6-14(7-16(15)21)28-10-26-19-8-17(24)18(25)9-20(19)28/h2-5,8-11,14-16,21H,6-7H2,1H3,(H,27,29)/t11?,14?,15-,16+,21?. The van der Waals surface area contributed by atoms with Gasteiger partial charge < -0.3 is 9.88 Å². The second-order valence-corrected chi connectivity index (χ2v) is 8.66. The molecular weight excluding hydrogens is 396 g/mol. The zero-order chi connectivity index (χ0) is 20.3. The molecule has 1 amide bonds. The third-order valence-electron chi connectivity index (χ3n) is 6.60. The molecule has 0 spiro atoms. The minimum Gasteiger partial charge on any atom is -0.327 e. The van der Waals surface area contributed by atoms with Crippen molar-refractivity contribution in [3.05, 3.63) is 59.4 Å². The number of benzene rings is 2. The Morgan fingerprint density at radius 3 is 2.52 bits per heavy atom. The summed E-state index contributed by atoms with van der Waals surface area (Å²) in [5.41, 5.74) is 1.84. The van der Waals surface area contributed by atoms with Crippen LogP contribution in [-0.4, -0.2) is 15.5 Å². The van der Waals surface area contributed by atoms with Gasteiger partial charge in [0.25, 0.3) is 0 Å². The van der Waals surface area contributed by atoms with E-state index in [1.54, 1.807) is 30.6 Å². The lowest BCUT2D eigenvalue weighted by Gasteiger charge is -2.20. The predicted octanol–water partition coefficient (Wildman–Crippen LogP) is 5.44. The summed E-state index contributed by atoms with van der Waals surface area (Å²) in [6.07, 6.45) is 3.53. The van der Waals surface area contributed by atoms with E-state index in [9.17, 15) is 13.6 Å². The van der Waals surface area contributed by atoms with E-state index in [1.807, 2.05) is 11.5 Å². The molecule has 1 N–H and O–H groups in total. The lowest BCUT2D eigenvalue weighted by molar-refractivity contribution is -0.120. The number of carbonyl (C=O) groups is 1. The van der Waals surface area contributed by atoms with Gasteiger partial charge >= 0.3 is 0 Å². The van der Waals surface area contributed by atoms with Crippen LogP contribution in [0.25, 0.3) is 11.0 Å². The van der Waals surface area contributed by atoms with Gasteiger partial charge in [0.2, 0.25) is 5.91 Å². The van der Waals surface area contributed by atoms with Crippen molar-refractivity contribution in [2.24, 2.45) is 23.7 Å². The van der Waals surface area contributed by atoms with E-state index < -0.39 is 11.6 Å². The number of nitrogens with zero attached hydrogens (tertiary/aromatic N) is 2. The maximum absolute atomic E-state index is 13.7. The second kappa shape index (κ2) is 6.80. The summed E-state index contributed by atoms with van der Waals surface area (Å²) >= 11 is 5.89. The highest BCUT2D eigenvalue weighted by Gasteiger charge is 2.59. The predicted molar refractivity (Wildman–Crippen MR) is 108 cm³/mol. The van der Waals surface area contributed by atoms with Gasteiger partial charge in [-0.1, -0.05) is 18.5 Å². The monoisotopic (exact) mass is 415 g/mol. The molecule has 150 valence electrons. The number of aromatic nitrogens is 2. The third-order valence-corrected chi connectivity index (χ3v) is 6.85. The van der Waals surface area contributed by atoms with Gasteiger partial charge in [-0.25, -0.2) is 13.8 Å². The van der Waals surface area contributed by atoms with E-state index in [-0.39, 0.29) is 17.9 Å². The minimum absolute atomic E-state index is 0.0221. The van der Waals surface area contributed by atoms with Crippen LogP contribution in [0.5, 0.6) is 0 Å². The molecule has 5 atom stereocenters. The molecule has 29 heavy (non-hydrogen) atoms. The molecule has 2 aliphatic carbocycles. The lowest BCUT2D eigenvalue weighted by Crippen LogP contribution is -2.24. The average Bonchev–Trinajstić information content (AvgIpc) is 3.02. The Balaban J connectivity index is 1.25. The van der Waals surface area contributed by atoms with Crippen LogP contribution in [0, 0.1) is 35.3 Å². The number of halogens is 3. The molecule has 7 heteroatoms. The Kier molecular flexibility index (Phi) is 4.35.